The van der Waals surface area contributed by atoms with Gasteiger partial charge in [0, 0.05) is 34.2 Å². The second-order valence-corrected chi connectivity index (χ2v) is 6.86. The Morgan fingerprint density at radius 3 is 2.76 bits per heavy atom. The minimum atomic E-state index is -0.433. The van der Waals surface area contributed by atoms with Crippen molar-refractivity contribution in [2.24, 2.45) is 0 Å². The summed E-state index contributed by atoms with van der Waals surface area (Å²) in [7, 11) is 0. The highest BCUT2D eigenvalue weighted by Crippen LogP contribution is 2.19. The number of aromatic amines is 1. The van der Waals surface area contributed by atoms with E-state index in [4.69, 9.17) is 16.3 Å². The molecule has 29 heavy (non-hydrogen) atoms. The summed E-state index contributed by atoms with van der Waals surface area (Å²) in [5, 5.41) is 4.44. The van der Waals surface area contributed by atoms with Crippen LogP contribution in [0.3, 0.4) is 0 Å². The fourth-order valence-corrected chi connectivity index (χ4v) is 2.90. The number of carbonyl (C=O) groups is 1. The third-order valence-electron chi connectivity index (χ3n) is 4.00. The SMILES string of the molecule is CCC.O=C1OCCN1c1ccnc(NCc2cc3cc(Cl)ccc3[nH]c2=O)n1. The number of carbonyl (C=O) groups excluding carboxylic acids is 1. The Morgan fingerprint density at radius 1 is 1.24 bits per heavy atom. The van der Waals surface area contributed by atoms with E-state index in [1.807, 2.05) is 0 Å². The molecule has 2 N–H and O–H groups in total. The van der Waals surface area contributed by atoms with E-state index in [-0.39, 0.29) is 12.1 Å². The Balaban J connectivity index is 0.000000755. The number of anilines is 2. The van der Waals surface area contributed by atoms with Gasteiger partial charge in [-0.15, -0.1) is 0 Å². The lowest BCUT2D eigenvalue weighted by molar-refractivity contribution is 0.181. The van der Waals surface area contributed by atoms with Gasteiger partial charge in [-0.2, -0.15) is 4.98 Å². The van der Waals surface area contributed by atoms with Crippen LogP contribution in [0.15, 0.2) is 41.3 Å². The molecule has 0 atom stereocenters. The zero-order chi connectivity index (χ0) is 20.8. The van der Waals surface area contributed by atoms with Crippen LogP contribution in [0.25, 0.3) is 10.9 Å². The van der Waals surface area contributed by atoms with Crippen LogP contribution in [-0.2, 0) is 11.3 Å². The number of pyridine rings is 1. The molecule has 0 saturated carbocycles. The number of aromatic nitrogens is 3. The van der Waals surface area contributed by atoms with Crippen LogP contribution in [0.1, 0.15) is 25.8 Å². The molecule has 1 saturated heterocycles. The van der Waals surface area contributed by atoms with Crippen molar-refractivity contribution in [1.29, 1.82) is 0 Å². The predicted molar refractivity (Wildman–Crippen MR) is 114 cm³/mol. The molecule has 1 aliphatic heterocycles. The smallest absolute Gasteiger partial charge is 0.415 e. The standard InChI is InChI=1S/C17H14ClN5O3.C3H8/c18-12-1-2-13-10(8-12)7-11(15(24)21-13)9-20-16-19-4-3-14(22-16)23-5-6-26-17(23)25;1-3-2/h1-4,7-8H,5-6,9H2,(H,21,24)(H,19,20,22);3H2,1-2H3. The number of cyclic esters (lactones) is 1. The second-order valence-electron chi connectivity index (χ2n) is 6.42. The molecular formula is C20H22ClN5O3. The van der Waals surface area contributed by atoms with Gasteiger partial charge in [-0.3, -0.25) is 9.69 Å². The highest BCUT2D eigenvalue weighted by atomic mass is 35.5. The molecule has 9 heteroatoms. The van der Waals surface area contributed by atoms with Crippen molar-refractivity contribution >= 4 is 40.4 Å². The van der Waals surface area contributed by atoms with E-state index in [1.165, 1.54) is 11.3 Å². The van der Waals surface area contributed by atoms with Crippen LogP contribution in [0, 0.1) is 0 Å². The van der Waals surface area contributed by atoms with Crippen molar-refractivity contribution in [2.75, 3.05) is 23.4 Å². The first-order chi connectivity index (χ1) is 14.0. The molecule has 0 unspecified atom stereocenters. The van der Waals surface area contributed by atoms with E-state index in [0.29, 0.717) is 41.0 Å². The molecule has 1 aliphatic rings. The van der Waals surface area contributed by atoms with Gasteiger partial charge in [0.15, 0.2) is 0 Å². The van der Waals surface area contributed by atoms with Crippen molar-refractivity contribution < 1.29 is 9.53 Å². The molecular weight excluding hydrogens is 394 g/mol. The largest absolute Gasteiger partial charge is 0.447 e. The van der Waals surface area contributed by atoms with Crippen LogP contribution in [-0.4, -0.2) is 34.2 Å². The fourth-order valence-electron chi connectivity index (χ4n) is 2.71. The van der Waals surface area contributed by atoms with Crippen LogP contribution in [0.4, 0.5) is 16.6 Å². The average molecular weight is 416 g/mol. The van der Waals surface area contributed by atoms with Gasteiger partial charge in [0.05, 0.1) is 6.54 Å². The van der Waals surface area contributed by atoms with Crippen LogP contribution in [0.5, 0.6) is 0 Å². The van der Waals surface area contributed by atoms with Crippen molar-refractivity contribution in [1.82, 2.24) is 15.0 Å². The minimum absolute atomic E-state index is 0.202. The van der Waals surface area contributed by atoms with Gasteiger partial charge in [-0.25, -0.2) is 9.78 Å². The topological polar surface area (TPSA) is 100 Å². The molecule has 1 fully saturated rings. The van der Waals surface area contributed by atoms with E-state index in [2.05, 4.69) is 34.1 Å². The molecule has 152 valence electrons. The number of nitrogens with one attached hydrogen (secondary N) is 2. The third-order valence-corrected chi connectivity index (χ3v) is 4.23. The van der Waals surface area contributed by atoms with Crippen LogP contribution in [0.2, 0.25) is 5.02 Å². The Labute approximate surface area is 172 Å². The summed E-state index contributed by atoms with van der Waals surface area (Å²) in [5.41, 5.74) is 1.04. The van der Waals surface area contributed by atoms with Crippen LogP contribution < -0.4 is 15.8 Å². The number of amides is 1. The summed E-state index contributed by atoms with van der Waals surface area (Å²) in [5.74, 6) is 0.761. The third kappa shape index (κ3) is 5.03. The Bertz CT molecular complexity index is 1070. The first-order valence-corrected chi connectivity index (χ1v) is 9.72. The number of hydrogen-bond acceptors (Lipinski definition) is 6. The van der Waals surface area contributed by atoms with Gasteiger partial charge in [-0.05, 0) is 30.3 Å². The Morgan fingerprint density at radius 2 is 2.03 bits per heavy atom. The van der Waals surface area contributed by atoms with Crippen molar-refractivity contribution in [3.63, 3.8) is 0 Å². The second kappa shape index (κ2) is 9.38. The molecule has 8 nitrogen and oxygen atoms in total. The lowest BCUT2D eigenvalue weighted by Crippen LogP contribution is -2.25. The number of hydrogen-bond donors (Lipinski definition) is 2. The Kier molecular flexibility index (Phi) is 6.66. The molecule has 1 aromatic carbocycles. The first-order valence-electron chi connectivity index (χ1n) is 9.34. The minimum Gasteiger partial charge on any atom is -0.447 e. The van der Waals surface area contributed by atoms with Gasteiger partial charge >= 0.3 is 6.09 Å². The summed E-state index contributed by atoms with van der Waals surface area (Å²) in [6.07, 6.45) is 2.36. The fraction of sp³-hybridized carbons (Fsp3) is 0.300. The van der Waals surface area contributed by atoms with Crippen LogP contribution >= 0.6 is 11.6 Å². The molecule has 3 heterocycles. The highest BCUT2D eigenvalue weighted by molar-refractivity contribution is 6.31. The number of benzene rings is 1. The molecule has 0 bridgehead atoms. The summed E-state index contributed by atoms with van der Waals surface area (Å²) in [6, 6.07) is 8.67. The number of nitrogens with zero attached hydrogens (tertiary/aromatic N) is 3. The van der Waals surface area contributed by atoms with Crippen molar-refractivity contribution in [2.45, 2.75) is 26.8 Å². The number of ether oxygens (including phenoxy) is 1. The van der Waals surface area contributed by atoms with Gasteiger partial charge in [-0.1, -0.05) is 31.9 Å². The maximum atomic E-state index is 12.2. The predicted octanol–water partition coefficient (Wildman–Crippen LogP) is 3.96. The zero-order valence-electron chi connectivity index (χ0n) is 16.2. The molecule has 0 radical (unpaired) electrons. The summed E-state index contributed by atoms with van der Waals surface area (Å²) in [6.45, 7) is 5.26. The monoisotopic (exact) mass is 415 g/mol. The maximum absolute atomic E-state index is 12.2. The van der Waals surface area contributed by atoms with Gasteiger partial charge in [0.2, 0.25) is 5.95 Å². The summed E-state index contributed by atoms with van der Waals surface area (Å²) >= 11 is 6.01. The molecule has 4 rings (SSSR count). The lowest BCUT2D eigenvalue weighted by atomic mass is 10.1. The van der Waals surface area contributed by atoms with E-state index < -0.39 is 6.09 Å². The van der Waals surface area contributed by atoms with Crippen molar-refractivity contribution in [3.05, 3.63) is 57.5 Å². The van der Waals surface area contributed by atoms with E-state index in [0.717, 1.165) is 5.39 Å². The normalized spacial score (nSPS) is 13.1. The number of fused-ring (bicyclic) bond motifs is 1. The molecule has 0 aliphatic carbocycles. The number of H-pyrrole nitrogens is 1. The molecule has 0 spiro atoms. The molecule has 3 aromatic rings. The number of rotatable bonds is 4. The van der Waals surface area contributed by atoms with E-state index in [1.54, 1.807) is 36.5 Å². The quantitative estimate of drug-likeness (QED) is 0.669. The Hall–Kier alpha value is -3.13. The average Bonchev–Trinajstić information content (AvgIpc) is 3.13. The molecule has 2 aromatic heterocycles. The van der Waals surface area contributed by atoms with Gasteiger partial charge < -0.3 is 15.0 Å². The van der Waals surface area contributed by atoms with Crippen molar-refractivity contribution in [3.8, 4) is 0 Å². The maximum Gasteiger partial charge on any atom is 0.415 e. The summed E-state index contributed by atoms with van der Waals surface area (Å²) in [4.78, 5) is 36.5. The lowest BCUT2D eigenvalue weighted by Gasteiger charge is -2.12. The molecule has 1 amide bonds. The van der Waals surface area contributed by atoms with E-state index >= 15 is 0 Å². The summed E-state index contributed by atoms with van der Waals surface area (Å²) < 4.78 is 4.91. The first kappa shape index (κ1) is 20.6. The van der Waals surface area contributed by atoms with Gasteiger partial charge in [0.1, 0.15) is 12.4 Å². The zero-order valence-corrected chi connectivity index (χ0v) is 17.0. The van der Waals surface area contributed by atoms with E-state index in [9.17, 15) is 9.59 Å². The van der Waals surface area contributed by atoms with Gasteiger partial charge in [0.25, 0.3) is 5.56 Å². The number of halogens is 1. The highest BCUT2D eigenvalue weighted by Gasteiger charge is 2.24.